The highest BCUT2D eigenvalue weighted by Crippen LogP contribution is 2.42. The molecule has 0 N–H and O–H groups in total. The van der Waals surface area contributed by atoms with Crippen LogP contribution in [-0.2, 0) is 22.6 Å². The molecule has 0 radical (unpaired) electrons. The Balaban J connectivity index is 1.85. The van der Waals surface area contributed by atoms with Gasteiger partial charge in [0.25, 0.3) is 0 Å². The minimum atomic E-state index is -0.222. The first-order chi connectivity index (χ1) is 11.6. The van der Waals surface area contributed by atoms with Gasteiger partial charge in [-0.25, -0.2) is 0 Å². The van der Waals surface area contributed by atoms with E-state index in [0.717, 1.165) is 21.3 Å². The molecule has 0 amide bonds. The standard InChI is InChI=1S/C20H21BrO3/c1-13-6-9-19(18(21)10-13)24-12-17-15(11-20(22)23-2)4-3-5-16(17)14-7-8-14/h3-6,9-10,14H,7-8,11-12H2,1-2H3. The topological polar surface area (TPSA) is 35.5 Å². The molecule has 24 heavy (non-hydrogen) atoms. The fraction of sp³-hybridized carbons (Fsp3) is 0.350. The van der Waals surface area contributed by atoms with Crippen LogP contribution in [0.15, 0.2) is 40.9 Å². The van der Waals surface area contributed by atoms with E-state index in [1.165, 1.54) is 31.1 Å². The molecule has 1 saturated carbocycles. The van der Waals surface area contributed by atoms with E-state index in [0.29, 0.717) is 12.5 Å². The Morgan fingerprint density at radius 1 is 1.25 bits per heavy atom. The number of rotatable bonds is 6. The molecule has 0 unspecified atom stereocenters. The predicted octanol–water partition coefficient (Wildman–Crippen LogP) is 4.93. The number of hydrogen-bond acceptors (Lipinski definition) is 3. The van der Waals surface area contributed by atoms with Crippen LogP contribution >= 0.6 is 15.9 Å². The fourth-order valence-corrected chi connectivity index (χ4v) is 3.48. The zero-order valence-electron chi connectivity index (χ0n) is 14.0. The van der Waals surface area contributed by atoms with Gasteiger partial charge in [0.1, 0.15) is 12.4 Å². The van der Waals surface area contributed by atoms with Gasteiger partial charge < -0.3 is 9.47 Å². The van der Waals surface area contributed by atoms with Gasteiger partial charge in [-0.3, -0.25) is 4.79 Å². The van der Waals surface area contributed by atoms with E-state index in [-0.39, 0.29) is 12.4 Å². The van der Waals surface area contributed by atoms with E-state index in [1.807, 2.05) is 37.3 Å². The molecule has 126 valence electrons. The first kappa shape index (κ1) is 17.0. The minimum Gasteiger partial charge on any atom is -0.488 e. The van der Waals surface area contributed by atoms with Crippen molar-refractivity contribution in [3.8, 4) is 5.75 Å². The van der Waals surface area contributed by atoms with Gasteiger partial charge in [-0.15, -0.1) is 0 Å². The van der Waals surface area contributed by atoms with Crippen LogP contribution in [0, 0.1) is 6.92 Å². The monoisotopic (exact) mass is 388 g/mol. The van der Waals surface area contributed by atoms with Crippen LogP contribution in [0.1, 0.15) is 41.0 Å². The number of carbonyl (C=O) groups is 1. The highest BCUT2D eigenvalue weighted by atomic mass is 79.9. The molecule has 1 aliphatic carbocycles. The number of aryl methyl sites for hydroxylation is 1. The molecule has 0 heterocycles. The third kappa shape index (κ3) is 3.99. The van der Waals surface area contributed by atoms with Crippen LogP contribution in [0.2, 0.25) is 0 Å². The fourth-order valence-electron chi connectivity index (χ4n) is 2.87. The van der Waals surface area contributed by atoms with Crippen LogP contribution in [0.4, 0.5) is 0 Å². The van der Waals surface area contributed by atoms with Gasteiger partial charge in [-0.1, -0.05) is 24.3 Å². The van der Waals surface area contributed by atoms with Gasteiger partial charge in [0.15, 0.2) is 0 Å². The van der Waals surface area contributed by atoms with Crippen molar-refractivity contribution in [2.45, 2.75) is 38.7 Å². The van der Waals surface area contributed by atoms with Crippen LogP contribution in [0.25, 0.3) is 0 Å². The summed E-state index contributed by atoms with van der Waals surface area (Å²) in [5.74, 6) is 1.19. The SMILES string of the molecule is COC(=O)Cc1cccc(C2CC2)c1COc1ccc(C)cc1Br. The summed E-state index contributed by atoms with van der Waals surface area (Å²) in [6, 6.07) is 12.2. The van der Waals surface area contributed by atoms with E-state index in [2.05, 4.69) is 22.0 Å². The second-order valence-electron chi connectivity index (χ2n) is 6.23. The zero-order chi connectivity index (χ0) is 17.1. The third-order valence-electron chi connectivity index (χ3n) is 4.35. The van der Waals surface area contributed by atoms with E-state index in [9.17, 15) is 4.79 Å². The van der Waals surface area contributed by atoms with Crippen molar-refractivity contribution in [2.24, 2.45) is 0 Å². The molecule has 2 aromatic carbocycles. The lowest BCUT2D eigenvalue weighted by Crippen LogP contribution is -2.10. The summed E-state index contributed by atoms with van der Waals surface area (Å²) in [7, 11) is 1.42. The molecular formula is C20H21BrO3. The minimum absolute atomic E-state index is 0.222. The second-order valence-corrected chi connectivity index (χ2v) is 7.09. The first-order valence-electron chi connectivity index (χ1n) is 8.15. The first-order valence-corrected chi connectivity index (χ1v) is 8.94. The van der Waals surface area contributed by atoms with Gasteiger partial charge in [0.2, 0.25) is 0 Å². The van der Waals surface area contributed by atoms with E-state index < -0.39 is 0 Å². The third-order valence-corrected chi connectivity index (χ3v) is 4.97. The largest absolute Gasteiger partial charge is 0.488 e. The van der Waals surface area contributed by atoms with Crippen LogP contribution < -0.4 is 4.74 Å². The van der Waals surface area contributed by atoms with Gasteiger partial charge in [-0.05, 0) is 76.0 Å². The van der Waals surface area contributed by atoms with Crippen LogP contribution in [0.3, 0.4) is 0 Å². The molecule has 3 nitrogen and oxygen atoms in total. The molecule has 3 rings (SSSR count). The van der Waals surface area contributed by atoms with Gasteiger partial charge >= 0.3 is 5.97 Å². The number of esters is 1. The van der Waals surface area contributed by atoms with Gasteiger partial charge in [0, 0.05) is 0 Å². The van der Waals surface area contributed by atoms with E-state index in [1.54, 1.807) is 0 Å². The van der Waals surface area contributed by atoms with Crippen molar-refractivity contribution in [3.05, 3.63) is 63.1 Å². The number of carbonyl (C=O) groups excluding carboxylic acids is 1. The number of halogens is 1. The lowest BCUT2D eigenvalue weighted by molar-refractivity contribution is -0.139. The molecule has 1 aliphatic rings. The second kappa shape index (κ2) is 7.39. The van der Waals surface area contributed by atoms with Crippen molar-refractivity contribution in [3.63, 3.8) is 0 Å². The molecular weight excluding hydrogens is 368 g/mol. The number of hydrogen-bond donors (Lipinski definition) is 0. The maximum atomic E-state index is 11.7. The normalized spacial score (nSPS) is 13.6. The quantitative estimate of drug-likeness (QED) is 0.658. The average molecular weight is 389 g/mol. The summed E-state index contributed by atoms with van der Waals surface area (Å²) in [5, 5.41) is 0. The molecule has 0 spiro atoms. The molecule has 1 fully saturated rings. The molecule has 0 saturated heterocycles. The molecule has 0 bridgehead atoms. The molecule has 0 atom stereocenters. The van der Waals surface area contributed by atoms with Crippen molar-refractivity contribution >= 4 is 21.9 Å². The zero-order valence-corrected chi connectivity index (χ0v) is 15.6. The Bertz CT molecular complexity index is 751. The number of ether oxygens (including phenoxy) is 2. The Morgan fingerprint density at radius 3 is 2.71 bits per heavy atom. The molecule has 0 aliphatic heterocycles. The van der Waals surface area contributed by atoms with Crippen molar-refractivity contribution < 1.29 is 14.3 Å². The average Bonchev–Trinajstić information content (AvgIpc) is 3.39. The van der Waals surface area contributed by atoms with Crippen LogP contribution in [0.5, 0.6) is 5.75 Å². The van der Waals surface area contributed by atoms with Crippen molar-refractivity contribution in [1.29, 1.82) is 0 Å². The van der Waals surface area contributed by atoms with Crippen molar-refractivity contribution in [1.82, 2.24) is 0 Å². The molecule has 0 aromatic heterocycles. The molecule has 4 heteroatoms. The Morgan fingerprint density at radius 2 is 2.04 bits per heavy atom. The summed E-state index contributed by atoms with van der Waals surface area (Å²) in [4.78, 5) is 11.7. The summed E-state index contributed by atoms with van der Waals surface area (Å²) in [6.45, 7) is 2.51. The predicted molar refractivity (Wildman–Crippen MR) is 97.3 cm³/mol. The highest BCUT2D eigenvalue weighted by Gasteiger charge is 2.27. The Kier molecular flexibility index (Phi) is 5.24. The summed E-state index contributed by atoms with van der Waals surface area (Å²) in [5.41, 5.74) is 4.60. The summed E-state index contributed by atoms with van der Waals surface area (Å²) < 4.78 is 11.8. The number of benzene rings is 2. The Hall–Kier alpha value is -1.81. The van der Waals surface area contributed by atoms with Gasteiger partial charge in [0.05, 0.1) is 18.0 Å². The number of methoxy groups -OCH3 is 1. The van der Waals surface area contributed by atoms with Crippen molar-refractivity contribution in [2.75, 3.05) is 7.11 Å². The maximum absolute atomic E-state index is 11.7. The molecule has 2 aromatic rings. The Labute approximate surface area is 151 Å². The smallest absolute Gasteiger partial charge is 0.309 e. The van der Waals surface area contributed by atoms with Crippen LogP contribution in [-0.4, -0.2) is 13.1 Å². The summed E-state index contributed by atoms with van der Waals surface area (Å²) in [6.07, 6.45) is 2.70. The highest BCUT2D eigenvalue weighted by molar-refractivity contribution is 9.10. The van der Waals surface area contributed by atoms with E-state index in [4.69, 9.17) is 9.47 Å². The summed E-state index contributed by atoms with van der Waals surface area (Å²) >= 11 is 3.55. The van der Waals surface area contributed by atoms with Gasteiger partial charge in [-0.2, -0.15) is 0 Å². The van der Waals surface area contributed by atoms with E-state index >= 15 is 0 Å². The lowest BCUT2D eigenvalue weighted by Gasteiger charge is -2.16. The lowest BCUT2D eigenvalue weighted by atomic mass is 9.96. The maximum Gasteiger partial charge on any atom is 0.309 e.